The van der Waals surface area contributed by atoms with Gasteiger partial charge in [0.1, 0.15) is 11.6 Å². The number of rotatable bonds is 4. The summed E-state index contributed by atoms with van der Waals surface area (Å²) in [5.74, 6) is -2.15. The fourth-order valence-corrected chi connectivity index (χ4v) is 3.86. The van der Waals surface area contributed by atoms with Crippen LogP contribution in [0.4, 0.5) is 4.39 Å². The second kappa shape index (κ2) is 8.14. The monoisotopic (exact) mass is 416 g/mol. The summed E-state index contributed by atoms with van der Waals surface area (Å²) in [5.41, 5.74) is 3.45. The number of carbonyl (C=O) groups is 2. The molecule has 1 aromatic heterocycles. The molecule has 5 nitrogen and oxygen atoms in total. The van der Waals surface area contributed by atoms with E-state index in [1.165, 1.54) is 29.2 Å². The van der Waals surface area contributed by atoms with Gasteiger partial charge in [0.15, 0.2) is 0 Å². The minimum Gasteiger partial charge on any atom is -0.507 e. The number of Topliss-reactive ketones (excluding diaryl/α,β-unsaturated/α-hetero) is 1. The van der Waals surface area contributed by atoms with E-state index in [2.05, 4.69) is 4.98 Å². The zero-order valence-corrected chi connectivity index (χ0v) is 17.2. The van der Waals surface area contributed by atoms with Gasteiger partial charge in [0, 0.05) is 24.5 Å². The summed E-state index contributed by atoms with van der Waals surface area (Å²) in [6, 6.07) is 13.8. The van der Waals surface area contributed by atoms with Crippen LogP contribution in [0.15, 0.2) is 72.6 Å². The second-order valence-electron chi connectivity index (χ2n) is 7.66. The average molecular weight is 416 g/mol. The fourth-order valence-electron chi connectivity index (χ4n) is 3.86. The molecule has 0 spiro atoms. The van der Waals surface area contributed by atoms with E-state index < -0.39 is 23.5 Å². The second-order valence-corrected chi connectivity index (χ2v) is 7.66. The van der Waals surface area contributed by atoms with Crippen LogP contribution in [0.3, 0.4) is 0 Å². The van der Waals surface area contributed by atoms with Crippen LogP contribution in [0.5, 0.6) is 0 Å². The van der Waals surface area contributed by atoms with E-state index >= 15 is 0 Å². The molecular formula is C25H21FN2O3. The summed E-state index contributed by atoms with van der Waals surface area (Å²) in [4.78, 5) is 31.5. The number of hydrogen-bond donors (Lipinski definition) is 1. The maximum absolute atomic E-state index is 13.6. The minimum absolute atomic E-state index is 0.00537. The standard InChI is InChI=1S/C25H21FN2O3/c1-15-5-6-16(2)20(12-15)23(29)21-22(18-7-9-19(26)10-8-18)28(25(31)24(21)30)14-17-4-3-11-27-13-17/h3-13,22,29H,14H2,1-2H3. The van der Waals surface area contributed by atoms with Crippen molar-refractivity contribution in [1.82, 2.24) is 9.88 Å². The highest BCUT2D eigenvalue weighted by atomic mass is 19.1. The first-order valence-corrected chi connectivity index (χ1v) is 9.87. The lowest BCUT2D eigenvalue weighted by molar-refractivity contribution is -0.140. The van der Waals surface area contributed by atoms with Crippen molar-refractivity contribution in [3.63, 3.8) is 0 Å². The quantitative estimate of drug-likeness (QED) is 0.387. The molecule has 1 atom stereocenters. The number of nitrogens with zero attached hydrogens (tertiary/aromatic N) is 2. The summed E-state index contributed by atoms with van der Waals surface area (Å²) in [6.45, 7) is 3.84. The maximum atomic E-state index is 13.6. The van der Waals surface area contributed by atoms with Crippen molar-refractivity contribution in [2.45, 2.75) is 26.4 Å². The maximum Gasteiger partial charge on any atom is 0.295 e. The van der Waals surface area contributed by atoms with Gasteiger partial charge in [0.05, 0.1) is 11.6 Å². The number of ketones is 1. The number of carbonyl (C=O) groups excluding carboxylic acids is 2. The van der Waals surface area contributed by atoms with Crippen molar-refractivity contribution in [1.29, 1.82) is 0 Å². The lowest BCUT2D eigenvalue weighted by Crippen LogP contribution is -2.29. The Labute approximate surface area is 179 Å². The lowest BCUT2D eigenvalue weighted by atomic mass is 9.93. The highest BCUT2D eigenvalue weighted by Gasteiger charge is 2.46. The Morgan fingerprint density at radius 1 is 1.10 bits per heavy atom. The number of aliphatic hydroxyl groups is 1. The Bertz CT molecular complexity index is 1190. The molecule has 1 aliphatic rings. The first kappa shape index (κ1) is 20.5. The third-order valence-corrected chi connectivity index (χ3v) is 5.45. The zero-order valence-electron chi connectivity index (χ0n) is 17.2. The van der Waals surface area contributed by atoms with Crippen LogP contribution in [0.1, 0.15) is 33.9 Å². The van der Waals surface area contributed by atoms with Crippen molar-refractivity contribution in [3.05, 3.63) is 106 Å². The number of pyridine rings is 1. The predicted octanol–water partition coefficient (Wildman–Crippen LogP) is 4.46. The van der Waals surface area contributed by atoms with E-state index in [1.54, 1.807) is 30.6 Å². The van der Waals surface area contributed by atoms with Crippen LogP contribution in [0.2, 0.25) is 0 Å². The van der Waals surface area contributed by atoms with E-state index in [9.17, 15) is 19.1 Å². The molecule has 1 fully saturated rings. The van der Waals surface area contributed by atoms with Gasteiger partial charge in [-0.25, -0.2) is 4.39 Å². The molecule has 31 heavy (non-hydrogen) atoms. The molecule has 0 bridgehead atoms. The van der Waals surface area contributed by atoms with Gasteiger partial charge >= 0.3 is 0 Å². The van der Waals surface area contributed by atoms with Gasteiger partial charge in [0.25, 0.3) is 11.7 Å². The van der Waals surface area contributed by atoms with Crippen LogP contribution in [0.25, 0.3) is 5.76 Å². The number of likely N-dealkylation sites (tertiary alicyclic amines) is 1. The molecule has 6 heteroatoms. The van der Waals surface area contributed by atoms with Crippen molar-refractivity contribution in [2.24, 2.45) is 0 Å². The largest absolute Gasteiger partial charge is 0.507 e. The predicted molar refractivity (Wildman–Crippen MR) is 114 cm³/mol. The van der Waals surface area contributed by atoms with E-state index in [1.807, 2.05) is 26.0 Å². The Morgan fingerprint density at radius 2 is 1.84 bits per heavy atom. The van der Waals surface area contributed by atoms with Crippen LogP contribution in [-0.4, -0.2) is 26.7 Å². The van der Waals surface area contributed by atoms with Crippen molar-refractivity contribution in [2.75, 3.05) is 0 Å². The Hall–Kier alpha value is -3.80. The summed E-state index contributed by atoms with van der Waals surface area (Å²) >= 11 is 0. The molecule has 1 aliphatic heterocycles. The number of aryl methyl sites for hydroxylation is 2. The van der Waals surface area contributed by atoms with Gasteiger partial charge in [-0.3, -0.25) is 14.6 Å². The van der Waals surface area contributed by atoms with Crippen LogP contribution < -0.4 is 0 Å². The first-order chi connectivity index (χ1) is 14.9. The molecule has 2 heterocycles. The number of aliphatic hydroxyl groups excluding tert-OH is 1. The molecule has 1 unspecified atom stereocenters. The van der Waals surface area contributed by atoms with E-state index in [-0.39, 0.29) is 17.9 Å². The van der Waals surface area contributed by atoms with Crippen molar-refractivity contribution >= 4 is 17.4 Å². The van der Waals surface area contributed by atoms with E-state index in [0.29, 0.717) is 11.1 Å². The number of halogens is 1. The number of benzene rings is 2. The molecular weight excluding hydrogens is 395 g/mol. The molecule has 1 amide bonds. The van der Waals surface area contributed by atoms with Crippen LogP contribution in [-0.2, 0) is 16.1 Å². The Balaban J connectivity index is 1.90. The molecule has 1 saturated heterocycles. The molecule has 0 aliphatic carbocycles. The minimum atomic E-state index is -0.847. The van der Waals surface area contributed by atoms with Gasteiger partial charge in [-0.2, -0.15) is 0 Å². The average Bonchev–Trinajstić information content (AvgIpc) is 3.01. The third kappa shape index (κ3) is 3.84. The molecule has 2 aromatic carbocycles. The lowest BCUT2D eigenvalue weighted by Gasteiger charge is -2.25. The van der Waals surface area contributed by atoms with Gasteiger partial charge in [-0.1, -0.05) is 35.9 Å². The van der Waals surface area contributed by atoms with Gasteiger partial charge < -0.3 is 10.0 Å². The molecule has 1 N–H and O–H groups in total. The van der Waals surface area contributed by atoms with Gasteiger partial charge in [-0.05, 0) is 54.8 Å². The summed E-state index contributed by atoms with van der Waals surface area (Å²) < 4.78 is 13.6. The van der Waals surface area contributed by atoms with Crippen molar-refractivity contribution < 1.29 is 19.1 Å². The fraction of sp³-hybridized carbons (Fsp3) is 0.160. The summed E-state index contributed by atoms with van der Waals surface area (Å²) in [7, 11) is 0. The molecule has 3 aromatic rings. The molecule has 156 valence electrons. The number of hydrogen-bond acceptors (Lipinski definition) is 4. The SMILES string of the molecule is Cc1ccc(C)c(C(O)=C2C(=O)C(=O)N(Cc3cccnc3)C2c2ccc(F)cc2)c1. The molecule has 0 radical (unpaired) electrons. The summed E-state index contributed by atoms with van der Waals surface area (Å²) in [5, 5.41) is 11.2. The zero-order chi connectivity index (χ0) is 22.1. The molecule has 0 saturated carbocycles. The summed E-state index contributed by atoms with van der Waals surface area (Å²) in [6.07, 6.45) is 3.24. The highest BCUT2D eigenvalue weighted by molar-refractivity contribution is 6.46. The van der Waals surface area contributed by atoms with E-state index in [4.69, 9.17) is 0 Å². The number of aromatic nitrogens is 1. The van der Waals surface area contributed by atoms with Crippen LogP contribution >= 0.6 is 0 Å². The van der Waals surface area contributed by atoms with Gasteiger partial charge in [0.2, 0.25) is 0 Å². The molecule has 4 rings (SSSR count). The normalized spacial score (nSPS) is 17.9. The first-order valence-electron chi connectivity index (χ1n) is 9.87. The Kier molecular flexibility index (Phi) is 5.38. The topological polar surface area (TPSA) is 70.5 Å². The van der Waals surface area contributed by atoms with E-state index in [0.717, 1.165) is 16.7 Å². The third-order valence-electron chi connectivity index (χ3n) is 5.45. The Morgan fingerprint density at radius 3 is 2.52 bits per heavy atom. The van der Waals surface area contributed by atoms with Gasteiger partial charge in [-0.15, -0.1) is 0 Å². The highest BCUT2D eigenvalue weighted by Crippen LogP contribution is 2.40. The number of amides is 1. The van der Waals surface area contributed by atoms with Crippen molar-refractivity contribution in [3.8, 4) is 0 Å². The van der Waals surface area contributed by atoms with Crippen LogP contribution in [0, 0.1) is 19.7 Å². The smallest absolute Gasteiger partial charge is 0.295 e.